The van der Waals surface area contributed by atoms with Crippen molar-refractivity contribution in [3.63, 3.8) is 0 Å². The van der Waals surface area contributed by atoms with Gasteiger partial charge in [-0.3, -0.25) is 9.79 Å². The summed E-state index contributed by atoms with van der Waals surface area (Å²) in [6.45, 7) is 5.56. The highest BCUT2D eigenvalue weighted by atomic mass is 16.5. The molecular formula is C18H17NO3. The number of carbonyl (C=O) groups is 2. The Morgan fingerprint density at radius 2 is 2.09 bits per heavy atom. The van der Waals surface area contributed by atoms with Crippen LogP contribution in [0, 0.1) is 5.41 Å². The van der Waals surface area contributed by atoms with Gasteiger partial charge in [-0.05, 0) is 13.3 Å². The van der Waals surface area contributed by atoms with E-state index < -0.39 is 11.4 Å². The van der Waals surface area contributed by atoms with Gasteiger partial charge < -0.3 is 4.74 Å². The van der Waals surface area contributed by atoms with Crippen LogP contribution in [0.1, 0.15) is 35.7 Å². The van der Waals surface area contributed by atoms with Gasteiger partial charge >= 0.3 is 5.97 Å². The molecule has 0 aromatic heterocycles. The fourth-order valence-corrected chi connectivity index (χ4v) is 3.36. The number of methoxy groups -OCH3 is 1. The third kappa shape index (κ3) is 1.80. The molecule has 0 saturated carbocycles. The summed E-state index contributed by atoms with van der Waals surface area (Å²) in [5.74, 6) is -0.414. The molecule has 1 aliphatic carbocycles. The van der Waals surface area contributed by atoms with Gasteiger partial charge in [0.2, 0.25) is 0 Å². The first kappa shape index (κ1) is 14.4. The average molecular weight is 295 g/mol. The van der Waals surface area contributed by atoms with Crippen LogP contribution in [0.4, 0.5) is 0 Å². The summed E-state index contributed by atoms with van der Waals surface area (Å²) in [5, 5.41) is 0. The van der Waals surface area contributed by atoms with Crippen LogP contribution >= 0.6 is 0 Å². The first-order chi connectivity index (χ1) is 10.5. The smallest absolute Gasteiger partial charge is 0.335 e. The van der Waals surface area contributed by atoms with Gasteiger partial charge in [0.15, 0.2) is 5.78 Å². The highest BCUT2D eigenvalue weighted by Crippen LogP contribution is 2.48. The minimum Gasteiger partial charge on any atom is -0.466 e. The lowest BCUT2D eigenvalue weighted by Gasteiger charge is -2.31. The average Bonchev–Trinajstić information content (AvgIpc) is 2.77. The van der Waals surface area contributed by atoms with Crippen molar-refractivity contribution >= 4 is 17.5 Å². The number of Topliss-reactive ketones (excluding diaryl/α,β-unsaturated/α-hetero) is 1. The zero-order valence-electron chi connectivity index (χ0n) is 12.7. The maximum Gasteiger partial charge on any atom is 0.335 e. The molecule has 0 spiro atoms. The Morgan fingerprint density at radius 3 is 2.73 bits per heavy atom. The number of hydrogen-bond acceptors (Lipinski definition) is 4. The van der Waals surface area contributed by atoms with E-state index >= 15 is 0 Å². The standard InChI is InChI=1S/C18H17NO3/c1-4-9-18-10-14(17(21)22-3)11(2)19-15(18)12-7-5-6-8-13(12)16(18)20/h4-8H,1,9-10H2,2-3H3. The summed E-state index contributed by atoms with van der Waals surface area (Å²) in [6, 6.07) is 7.47. The maximum atomic E-state index is 13.0. The topological polar surface area (TPSA) is 55.7 Å². The number of benzene rings is 1. The highest BCUT2D eigenvalue weighted by molar-refractivity contribution is 6.32. The second-order valence-corrected chi connectivity index (χ2v) is 5.64. The number of ketones is 1. The molecule has 1 aromatic carbocycles. The van der Waals surface area contributed by atoms with Gasteiger partial charge in [-0.2, -0.15) is 0 Å². The number of hydrogen-bond donors (Lipinski definition) is 0. The zero-order chi connectivity index (χ0) is 15.9. The first-order valence-corrected chi connectivity index (χ1v) is 7.17. The Balaban J connectivity index is 2.24. The number of aliphatic imine (C=N–C) groups is 1. The van der Waals surface area contributed by atoms with E-state index in [4.69, 9.17) is 4.74 Å². The summed E-state index contributed by atoms with van der Waals surface area (Å²) >= 11 is 0. The molecule has 1 aliphatic heterocycles. The van der Waals surface area contributed by atoms with Crippen molar-refractivity contribution in [3.8, 4) is 0 Å². The molecule has 0 saturated heterocycles. The molecule has 1 atom stereocenters. The van der Waals surface area contributed by atoms with Crippen LogP contribution in [0.5, 0.6) is 0 Å². The van der Waals surface area contributed by atoms with Crippen molar-refractivity contribution < 1.29 is 14.3 Å². The van der Waals surface area contributed by atoms with Crippen molar-refractivity contribution in [2.45, 2.75) is 19.8 Å². The molecule has 4 heteroatoms. The number of rotatable bonds is 3. The predicted octanol–water partition coefficient (Wildman–Crippen LogP) is 3.09. The number of carbonyl (C=O) groups excluding carboxylic acids is 2. The summed E-state index contributed by atoms with van der Waals surface area (Å²) in [4.78, 5) is 29.6. The molecule has 2 aliphatic rings. The summed E-state index contributed by atoms with van der Waals surface area (Å²) in [7, 11) is 1.34. The molecule has 1 heterocycles. The number of ether oxygens (including phenoxy) is 1. The van der Waals surface area contributed by atoms with Gasteiger partial charge in [-0.1, -0.05) is 30.3 Å². The van der Waals surface area contributed by atoms with E-state index in [2.05, 4.69) is 11.6 Å². The van der Waals surface area contributed by atoms with E-state index in [1.165, 1.54) is 7.11 Å². The molecule has 112 valence electrons. The quantitative estimate of drug-likeness (QED) is 0.636. The maximum absolute atomic E-state index is 13.0. The fourth-order valence-electron chi connectivity index (χ4n) is 3.36. The molecule has 0 bridgehead atoms. The highest BCUT2D eigenvalue weighted by Gasteiger charge is 2.52. The van der Waals surface area contributed by atoms with Gasteiger partial charge in [-0.15, -0.1) is 6.58 Å². The van der Waals surface area contributed by atoms with Gasteiger partial charge in [-0.25, -0.2) is 4.79 Å². The van der Waals surface area contributed by atoms with Gasteiger partial charge in [0.1, 0.15) is 0 Å². The van der Waals surface area contributed by atoms with Crippen LogP contribution in [0.15, 0.2) is 53.2 Å². The van der Waals surface area contributed by atoms with Crippen LogP contribution in [0.3, 0.4) is 0 Å². The van der Waals surface area contributed by atoms with E-state index in [0.29, 0.717) is 29.7 Å². The molecule has 0 radical (unpaired) electrons. The van der Waals surface area contributed by atoms with Crippen molar-refractivity contribution in [2.75, 3.05) is 7.11 Å². The van der Waals surface area contributed by atoms with E-state index in [1.807, 2.05) is 24.3 Å². The third-order valence-corrected chi connectivity index (χ3v) is 4.43. The minimum atomic E-state index is -0.825. The third-order valence-electron chi connectivity index (χ3n) is 4.43. The molecule has 0 fully saturated rings. The second-order valence-electron chi connectivity index (χ2n) is 5.64. The molecule has 0 amide bonds. The molecule has 4 nitrogen and oxygen atoms in total. The van der Waals surface area contributed by atoms with E-state index in [-0.39, 0.29) is 5.78 Å². The van der Waals surface area contributed by atoms with E-state index in [0.717, 1.165) is 11.3 Å². The Hall–Kier alpha value is -2.49. The Labute approximate surface area is 129 Å². The van der Waals surface area contributed by atoms with Crippen LogP contribution in [0.25, 0.3) is 0 Å². The Bertz CT molecular complexity index is 757. The second kappa shape index (κ2) is 5.05. The zero-order valence-corrected chi connectivity index (χ0v) is 12.7. The SMILES string of the molecule is C=CCC12CC(C(=O)OC)=C(C)N=C1c1ccccc1C2=O. The molecule has 3 rings (SSSR count). The number of fused-ring (bicyclic) bond motifs is 3. The van der Waals surface area contributed by atoms with Crippen molar-refractivity contribution in [1.29, 1.82) is 0 Å². The largest absolute Gasteiger partial charge is 0.466 e. The molecule has 22 heavy (non-hydrogen) atoms. The molecular weight excluding hydrogens is 278 g/mol. The molecule has 0 N–H and O–H groups in total. The lowest BCUT2D eigenvalue weighted by atomic mass is 9.72. The lowest BCUT2D eigenvalue weighted by Crippen LogP contribution is -2.37. The Morgan fingerprint density at radius 1 is 1.41 bits per heavy atom. The number of nitrogens with zero attached hydrogens (tertiary/aromatic N) is 1. The Kier molecular flexibility index (Phi) is 3.32. The van der Waals surface area contributed by atoms with E-state index in [1.54, 1.807) is 13.0 Å². The van der Waals surface area contributed by atoms with Crippen molar-refractivity contribution in [3.05, 3.63) is 59.3 Å². The van der Waals surface area contributed by atoms with Gasteiger partial charge in [0, 0.05) is 23.2 Å². The number of esters is 1. The van der Waals surface area contributed by atoms with Gasteiger partial charge in [0.05, 0.1) is 23.8 Å². The van der Waals surface area contributed by atoms with Crippen LogP contribution in [0.2, 0.25) is 0 Å². The van der Waals surface area contributed by atoms with Crippen LogP contribution in [-0.4, -0.2) is 24.6 Å². The van der Waals surface area contributed by atoms with Crippen molar-refractivity contribution in [1.82, 2.24) is 0 Å². The normalized spacial score (nSPS) is 22.8. The van der Waals surface area contributed by atoms with Crippen LogP contribution < -0.4 is 0 Å². The number of allylic oxidation sites excluding steroid dienone is 2. The first-order valence-electron chi connectivity index (χ1n) is 7.17. The van der Waals surface area contributed by atoms with Crippen molar-refractivity contribution in [2.24, 2.45) is 10.4 Å². The van der Waals surface area contributed by atoms with Gasteiger partial charge in [0.25, 0.3) is 0 Å². The summed E-state index contributed by atoms with van der Waals surface area (Å²) < 4.78 is 4.84. The molecule has 1 aromatic rings. The summed E-state index contributed by atoms with van der Waals surface area (Å²) in [6.07, 6.45) is 2.48. The summed E-state index contributed by atoms with van der Waals surface area (Å²) in [5.41, 5.74) is 2.53. The lowest BCUT2D eigenvalue weighted by molar-refractivity contribution is -0.136. The minimum absolute atomic E-state index is 0.00986. The van der Waals surface area contributed by atoms with E-state index in [9.17, 15) is 9.59 Å². The monoisotopic (exact) mass is 295 g/mol. The van der Waals surface area contributed by atoms with Crippen LogP contribution in [-0.2, 0) is 9.53 Å². The predicted molar refractivity (Wildman–Crippen MR) is 83.9 cm³/mol. The fraction of sp³-hybridized carbons (Fsp3) is 0.278. The molecule has 1 unspecified atom stereocenters.